The number of benzene rings is 3. The van der Waals surface area contributed by atoms with E-state index in [0.717, 1.165) is 28.8 Å². The molecule has 5 heteroatoms. The van der Waals surface area contributed by atoms with Crippen LogP contribution in [0, 0.1) is 13.8 Å². The number of amides is 1. The van der Waals surface area contributed by atoms with E-state index in [1.807, 2.05) is 48.5 Å². The number of aryl methyl sites for hydroxylation is 2. The number of carbonyl (C=O) groups is 2. The van der Waals surface area contributed by atoms with Crippen LogP contribution in [0.5, 0.6) is 0 Å². The molecule has 3 aromatic carbocycles. The van der Waals surface area contributed by atoms with Crippen molar-refractivity contribution in [3.05, 3.63) is 99.6 Å². The maximum atomic E-state index is 14.0. The van der Waals surface area contributed by atoms with Crippen LogP contribution in [0.4, 0.5) is 5.69 Å². The van der Waals surface area contributed by atoms with Gasteiger partial charge in [-0.25, -0.2) is 9.28 Å². The molecule has 164 valence electrons. The number of quaternary nitrogens is 1. The lowest BCUT2D eigenvalue weighted by Gasteiger charge is -2.46. The van der Waals surface area contributed by atoms with E-state index >= 15 is 0 Å². The molecule has 1 aliphatic rings. The quantitative estimate of drug-likeness (QED) is 0.487. The summed E-state index contributed by atoms with van der Waals surface area (Å²) in [5.41, 5.74) is 6.47. The smallest absolute Gasteiger partial charge is 0.320 e. The molecule has 2 atom stereocenters. The van der Waals surface area contributed by atoms with Crippen molar-refractivity contribution < 1.29 is 14.7 Å². The molecule has 32 heavy (non-hydrogen) atoms. The van der Waals surface area contributed by atoms with Crippen LogP contribution in [0.25, 0.3) is 0 Å². The highest BCUT2D eigenvalue weighted by Crippen LogP contribution is 2.48. The standard InChI is InChI=1S/C27H26ClNO3/c1-18-16-19(2)21-14-15-29(25(30)12-13-26(31)32,24-11-7-6-10-23(24)28)27(22(21)17-18)20-8-4-3-5-9-20/h3-11,16-17,27H,12-15H2,1-2H3/p+1. The first-order valence-electron chi connectivity index (χ1n) is 10.9. The average Bonchev–Trinajstić information content (AvgIpc) is 2.77. The predicted molar refractivity (Wildman–Crippen MR) is 128 cm³/mol. The second kappa shape index (κ2) is 8.89. The van der Waals surface area contributed by atoms with Gasteiger partial charge in [0.15, 0.2) is 11.7 Å². The lowest BCUT2D eigenvalue weighted by atomic mass is 9.81. The van der Waals surface area contributed by atoms with Gasteiger partial charge < -0.3 is 5.11 Å². The predicted octanol–water partition coefficient (Wildman–Crippen LogP) is 6.00. The number of carboxylic acids is 1. The van der Waals surface area contributed by atoms with Crippen LogP contribution in [0.1, 0.15) is 46.7 Å². The van der Waals surface area contributed by atoms with Crippen molar-refractivity contribution in [2.24, 2.45) is 0 Å². The molecule has 0 aliphatic carbocycles. The molecule has 0 saturated carbocycles. The summed E-state index contributed by atoms with van der Waals surface area (Å²) in [5.74, 6) is -1.10. The maximum Gasteiger partial charge on any atom is 0.320 e. The van der Waals surface area contributed by atoms with Crippen LogP contribution >= 0.6 is 11.6 Å². The average molecular weight is 449 g/mol. The Balaban J connectivity index is 2.03. The minimum atomic E-state index is -0.976. The van der Waals surface area contributed by atoms with Crippen LogP contribution in [0.15, 0.2) is 66.7 Å². The maximum absolute atomic E-state index is 14.0. The number of hydrogen-bond acceptors (Lipinski definition) is 2. The molecule has 0 fully saturated rings. The van der Waals surface area contributed by atoms with Gasteiger partial charge in [-0.3, -0.25) is 4.79 Å². The second-order valence-corrected chi connectivity index (χ2v) is 8.95. The summed E-state index contributed by atoms with van der Waals surface area (Å²) in [4.78, 5) is 25.3. The van der Waals surface area contributed by atoms with Gasteiger partial charge in [-0.15, -0.1) is 0 Å². The number of nitrogens with zero attached hydrogens (tertiary/aromatic N) is 1. The van der Waals surface area contributed by atoms with Crippen molar-refractivity contribution in [1.29, 1.82) is 0 Å². The Morgan fingerprint density at radius 2 is 1.69 bits per heavy atom. The lowest BCUT2D eigenvalue weighted by Crippen LogP contribution is -2.60. The van der Waals surface area contributed by atoms with E-state index in [-0.39, 0.29) is 29.3 Å². The molecular weight excluding hydrogens is 422 g/mol. The Bertz CT molecular complexity index is 1170. The molecule has 0 spiro atoms. The van der Waals surface area contributed by atoms with E-state index < -0.39 is 5.97 Å². The van der Waals surface area contributed by atoms with E-state index in [2.05, 4.69) is 26.0 Å². The van der Waals surface area contributed by atoms with Gasteiger partial charge in [0.2, 0.25) is 0 Å². The molecule has 0 aromatic heterocycles. The highest BCUT2D eigenvalue weighted by Gasteiger charge is 2.51. The molecule has 4 nitrogen and oxygen atoms in total. The number of carboxylic acid groups (broad SMARTS) is 1. The van der Waals surface area contributed by atoms with Crippen molar-refractivity contribution >= 4 is 29.2 Å². The number of fused-ring (bicyclic) bond motifs is 1. The van der Waals surface area contributed by atoms with Crippen molar-refractivity contribution in [2.45, 2.75) is 39.2 Å². The van der Waals surface area contributed by atoms with E-state index in [1.54, 1.807) is 6.07 Å². The highest BCUT2D eigenvalue weighted by atomic mass is 35.5. The summed E-state index contributed by atoms with van der Waals surface area (Å²) in [7, 11) is 0. The number of carbonyl (C=O) groups excluding carboxylic acids is 1. The van der Waals surface area contributed by atoms with E-state index in [0.29, 0.717) is 11.6 Å². The van der Waals surface area contributed by atoms with Crippen molar-refractivity contribution in [3.63, 3.8) is 0 Å². The Hall–Kier alpha value is -2.95. The fourth-order valence-electron chi connectivity index (χ4n) is 5.19. The second-order valence-electron chi connectivity index (χ2n) is 8.54. The van der Waals surface area contributed by atoms with Gasteiger partial charge in [-0.2, -0.15) is 0 Å². The fourth-order valence-corrected chi connectivity index (χ4v) is 5.48. The molecule has 4 rings (SSSR count). The molecule has 1 heterocycles. The number of rotatable bonds is 5. The molecule has 1 N–H and O–H groups in total. The number of aliphatic carboxylic acids is 1. The van der Waals surface area contributed by atoms with E-state index in [1.165, 1.54) is 11.1 Å². The van der Waals surface area contributed by atoms with Crippen molar-refractivity contribution in [3.8, 4) is 0 Å². The van der Waals surface area contributed by atoms with Crippen LogP contribution in [-0.4, -0.2) is 23.5 Å². The van der Waals surface area contributed by atoms with Gasteiger partial charge in [0.25, 0.3) is 0 Å². The third kappa shape index (κ3) is 3.85. The SMILES string of the molecule is Cc1cc(C)c2c(c1)C(c1ccccc1)[N+](C(=O)CCC(=O)O)(c1ccccc1Cl)CC2. The van der Waals surface area contributed by atoms with Gasteiger partial charge in [-0.1, -0.05) is 65.7 Å². The molecule has 3 aromatic rings. The van der Waals surface area contributed by atoms with Gasteiger partial charge in [0.1, 0.15) is 5.02 Å². The van der Waals surface area contributed by atoms with Crippen molar-refractivity contribution in [1.82, 2.24) is 4.48 Å². The third-order valence-electron chi connectivity index (χ3n) is 6.50. The number of para-hydroxylation sites is 1. The summed E-state index contributed by atoms with van der Waals surface area (Å²) in [6.07, 6.45) is 0.462. The Morgan fingerprint density at radius 3 is 2.38 bits per heavy atom. The topological polar surface area (TPSA) is 54.4 Å². The summed E-state index contributed by atoms with van der Waals surface area (Å²) in [6.45, 7) is 4.72. The third-order valence-corrected chi connectivity index (χ3v) is 6.82. The molecule has 0 bridgehead atoms. The zero-order chi connectivity index (χ0) is 22.9. The van der Waals surface area contributed by atoms with Crippen LogP contribution in [0.2, 0.25) is 5.02 Å². The van der Waals surface area contributed by atoms with Crippen LogP contribution < -0.4 is 4.48 Å². The molecular formula is C27H27ClNO3+. The Labute approximate surface area is 193 Å². The fraction of sp³-hybridized carbons (Fsp3) is 0.259. The summed E-state index contributed by atoms with van der Waals surface area (Å²) >= 11 is 6.71. The zero-order valence-electron chi connectivity index (χ0n) is 18.3. The van der Waals surface area contributed by atoms with Gasteiger partial charge in [0.05, 0.1) is 19.4 Å². The largest absolute Gasteiger partial charge is 0.481 e. The Morgan fingerprint density at radius 1 is 1.00 bits per heavy atom. The first-order chi connectivity index (χ1) is 15.3. The number of hydrogen-bond donors (Lipinski definition) is 1. The van der Waals surface area contributed by atoms with Crippen LogP contribution in [-0.2, 0) is 16.0 Å². The first kappa shape index (κ1) is 22.3. The van der Waals surface area contributed by atoms with E-state index in [9.17, 15) is 14.7 Å². The monoisotopic (exact) mass is 448 g/mol. The Kier molecular flexibility index (Phi) is 6.18. The molecule has 2 unspecified atom stereocenters. The molecule has 0 saturated heterocycles. The lowest BCUT2D eigenvalue weighted by molar-refractivity contribution is -0.141. The normalized spacial score (nSPS) is 19.9. The highest BCUT2D eigenvalue weighted by molar-refractivity contribution is 6.33. The van der Waals surface area contributed by atoms with Crippen LogP contribution in [0.3, 0.4) is 0 Å². The number of halogens is 1. The first-order valence-corrected chi connectivity index (χ1v) is 11.3. The summed E-state index contributed by atoms with van der Waals surface area (Å²) in [5, 5.41) is 9.82. The molecule has 1 aliphatic heterocycles. The zero-order valence-corrected chi connectivity index (χ0v) is 19.1. The molecule has 1 amide bonds. The summed E-state index contributed by atoms with van der Waals surface area (Å²) < 4.78 is -0.00708. The van der Waals surface area contributed by atoms with Gasteiger partial charge in [0, 0.05) is 23.6 Å². The summed E-state index contributed by atoms with van der Waals surface area (Å²) in [6, 6.07) is 21.5. The van der Waals surface area contributed by atoms with Gasteiger partial charge >= 0.3 is 11.9 Å². The van der Waals surface area contributed by atoms with E-state index in [4.69, 9.17) is 11.6 Å². The van der Waals surface area contributed by atoms with Crippen molar-refractivity contribution in [2.75, 3.05) is 6.54 Å². The molecule has 0 radical (unpaired) electrons. The minimum Gasteiger partial charge on any atom is -0.481 e. The van der Waals surface area contributed by atoms with Gasteiger partial charge in [-0.05, 0) is 37.1 Å². The minimum absolute atomic E-state index is 0.00708.